The summed E-state index contributed by atoms with van der Waals surface area (Å²) in [5, 5.41) is 23.9. The second kappa shape index (κ2) is 6.31. The Morgan fingerprint density at radius 1 is 1.15 bits per heavy atom. The standard InChI is InChI=1S/C18H14N4O3S2/c19-18-22(12-5-7-13(8-6-12)27(20,24)25)17(23)16(26-18)9-11-10-21-15-4-2-1-3-14(11)15/h1-10,19,23H,(H2,20,24,25)/b11-9+,19-18?. The Kier molecular flexibility index (Phi) is 4.06. The highest BCUT2D eigenvalue weighted by atomic mass is 32.2. The van der Waals surface area contributed by atoms with Gasteiger partial charge in [-0.05, 0) is 36.4 Å². The number of primary sulfonamides is 1. The molecule has 9 heteroatoms. The van der Waals surface area contributed by atoms with Crippen molar-refractivity contribution in [2.75, 3.05) is 0 Å². The van der Waals surface area contributed by atoms with Gasteiger partial charge in [0.2, 0.25) is 15.9 Å². The predicted molar refractivity (Wildman–Crippen MR) is 105 cm³/mol. The Morgan fingerprint density at radius 2 is 1.85 bits per heavy atom. The molecule has 0 fully saturated rings. The number of nitrogens with zero attached hydrogens (tertiary/aromatic N) is 2. The van der Waals surface area contributed by atoms with Gasteiger partial charge in [-0.25, -0.2) is 13.6 Å². The number of nitrogens with two attached hydrogens (primary N) is 1. The lowest BCUT2D eigenvalue weighted by Crippen LogP contribution is -2.13. The Balaban J connectivity index is 1.77. The van der Waals surface area contributed by atoms with Gasteiger partial charge in [-0.1, -0.05) is 29.5 Å². The summed E-state index contributed by atoms with van der Waals surface area (Å²) >= 11 is 1.11. The lowest BCUT2D eigenvalue weighted by atomic mass is 10.1. The van der Waals surface area contributed by atoms with Crippen molar-refractivity contribution >= 4 is 44.9 Å². The summed E-state index contributed by atoms with van der Waals surface area (Å²) in [6.07, 6.45) is 3.50. The number of sulfonamides is 1. The SMILES string of the molecule is N=c1sc(/C=C2\C=Nc3ccccc32)c(O)n1-c1ccc(S(N)(=O)=O)cc1. The van der Waals surface area contributed by atoms with E-state index in [2.05, 4.69) is 4.99 Å². The molecule has 0 bridgehead atoms. The molecule has 2 aromatic carbocycles. The summed E-state index contributed by atoms with van der Waals surface area (Å²) in [7, 11) is -3.80. The summed E-state index contributed by atoms with van der Waals surface area (Å²) in [4.78, 5) is 4.91. The molecular weight excluding hydrogens is 384 g/mol. The number of benzene rings is 2. The molecule has 0 spiro atoms. The Hall–Kier alpha value is -3.01. The van der Waals surface area contributed by atoms with Gasteiger partial charge in [-0.15, -0.1) is 0 Å². The Morgan fingerprint density at radius 3 is 2.56 bits per heavy atom. The van der Waals surface area contributed by atoms with E-state index in [0.717, 1.165) is 28.2 Å². The molecule has 0 saturated heterocycles. The first kappa shape index (κ1) is 17.4. The number of thiazole rings is 1. The fraction of sp³-hybridized carbons (Fsp3) is 0. The largest absolute Gasteiger partial charge is 0.493 e. The fourth-order valence-corrected chi connectivity index (χ4v) is 4.19. The summed E-state index contributed by atoms with van der Waals surface area (Å²) in [5.74, 6) is -0.0985. The normalized spacial score (nSPS) is 14.6. The van der Waals surface area contributed by atoms with Crippen molar-refractivity contribution in [3.63, 3.8) is 0 Å². The van der Waals surface area contributed by atoms with E-state index in [1.165, 1.54) is 28.8 Å². The Bertz CT molecular complexity index is 1270. The minimum Gasteiger partial charge on any atom is -0.493 e. The van der Waals surface area contributed by atoms with Crippen LogP contribution in [0.3, 0.4) is 0 Å². The number of hydrogen-bond acceptors (Lipinski definition) is 6. The molecule has 7 nitrogen and oxygen atoms in total. The van der Waals surface area contributed by atoms with Crippen LogP contribution in [-0.4, -0.2) is 24.3 Å². The molecule has 0 unspecified atom stereocenters. The van der Waals surface area contributed by atoms with E-state index < -0.39 is 10.0 Å². The van der Waals surface area contributed by atoms with Gasteiger partial charge in [0, 0.05) is 17.4 Å². The van der Waals surface area contributed by atoms with Crippen molar-refractivity contribution in [1.29, 1.82) is 5.41 Å². The van der Waals surface area contributed by atoms with Crippen molar-refractivity contribution in [2.45, 2.75) is 4.90 Å². The molecule has 1 aromatic heterocycles. The van der Waals surface area contributed by atoms with Crippen LogP contribution in [0.2, 0.25) is 0 Å². The highest BCUT2D eigenvalue weighted by Crippen LogP contribution is 2.34. The van der Waals surface area contributed by atoms with Crippen LogP contribution in [0.1, 0.15) is 10.4 Å². The van der Waals surface area contributed by atoms with Crippen LogP contribution < -0.4 is 9.94 Å². The summed E-state index contributed by atoms with van der Waals surface area (Å²) in [6.45, 7) is 0. The van der Waals surface area contributed by atoms with Crippen LogP contribution in [-0.2, 0) is 10.0 Å². The van der Waals surface area contributed by atoms with Gasteiger partial charge in [0.05, 0.1) is 21.1 Å². The van der Waals surface area contributed by atoms with Crippen LogP contribution in [0, 0.1) is 5.41 Å². The van der Waals surface area contributed by atoms with Gasteiger partial charge >= 0.3 is 0 Å². The monoisotopic (exact) mass is 398 g/mol. The molecular formula is C18H14N4O3S2. The molecule has 1 aliphatic heterocycles. The molecule has 0 atom stereocenters. The topological polar surface area (TPSA) is 122 Å². The highest BCUT2D eigenvalue weighted by molar-refractivity contribution is 7.89. The lowest BCUT2D eigenvalue weighted by Gasteiger charge is -2.06. The molecule has 4 N–H and O–H groups in total. The molecule has 0 amide bonds. The van der Waals surface area contributed by atoms with Gasteiger partial charge in [0.15, 0.2) is 4.80 Å². The maximum Gasteiger partial charge on any atom is 0.238 e. The molecule has 2 heterocycles. The number of hydrogen-bond donors (Lipinski definition) is 3. The van der Waals surface area contributed by atoms with E-state index in [-0.39, 0.29) is 15.6 Å². The first-order valence-corrected chi connectivity index (χ1v) is 10.2. The van der Waals surface area contributed by atoms with E-state index in [1.807, 2.05) is 24.3 Å². The van der Waals surface area contributed by atoms with Crippen molar-refractivity contribution < 1.29 is 13.5 Å². The molecule has 27 heavy (non-hydrogen) atoms. The lowest BCUT2D eigenvalue weighted by molar-refractivity contribution is 0.438. The van der Waals surface area contributed by atoms with Gasteiger partial charge < -0.3 is 5.11 Å². The predicted octanol–water partition coefficient (Wildman–Crippen LogP) is 2.63. The van der Waals surface area contributed by atoms with E-state index in [1.54, 1.807) is 12.3 Å². The number of fused-ring (bicyclic) bond motifs is 1. The second-order valence-electron chi connectivity index (χ2n) is 5.84. The third kappa shape index (κ3) is 3.12. The van der Waals surface area contributed by atoms with Gasteiger partial charge in [-0.3, -0.25) is 15.0 Å². The maximum atomic E-state index is 11.4. The third-order valence-electron chi connectivity index (χ3n) is 4.11. The first-order chi connectivity index (χ1) is 12.8. The zero-order chi connectivity index (χ0) is 19.2. The number of rotatable bonds is 3. The third-order valence-corrected chi connectivity index (χ3v) is 5.94. The summed E-state index contributed by atoms with van der Waals surface area (Å²) < 4.78 is 24.1. The van der Waals surface area contributed by atoms with E-state index in [0.29, 0.717) is 10.6 Å². The van der Waals surface area contributed by atoms with Crippen molar-refractivity contribution in [3.05, 3.63) is 63.8 Å². The van der Waals surface area contributed by atoms with Crippen LogP contribution >= 0.6 is 11.3 Å². The Labute approximate surface area is 158 Å². The van der Waals surface area contributed by atoms with E-state index in [9.17, 15) is 13.5 Å². The first-order valence-electron chi connectivity index (χ1n) is 7.82. The number of aliphatic imine (C=N–C) groups is 1. The van der Waals surface area contributed by atoms with Gasteiger partial charge in [-0.2, -0.15) is 0 Å². The van der Waals surface area contributed by atoms with Crippen molar-refractivity contribution in [2.24, 2.45) is 10.1 Å². The maximum absolute atomic E-state index is 11.4. The number of aromatic nitrogens is 1. The molecule has 3 aromatic rings. The summed E-state index contributed by atoms with van der Waals surface area (Å²) in [6, 6.07) is 13.3. The van der Waals surface area contributed by atoms with Crippen LogP contribution in [0.5, 0.6) is 5.88 Å². The van der Waals surface area contributed by atoms with Crippen LogP contribution in [0.15, 0.2) is 58.4 Å². The zero-order valence-electron chi connectivity index (χ0n) is 13.8. The molecule has 1 aliphatic rings. The molecule has 136 valence electrons. The minimum absolute atomic E-state index is 0.0331. The number of nitrogens with one attached hydrogen (secondary N) is 1. The minimum atomic E-state index is -3.80. The van der Waals surface area contributed by atoms with E-state index >= 15 is 0 Å². The number of aromatic hydroxyl groups is 1. The smallest absolute Gasteiger partial charge is 0.238 e. The molecule has 0 radical (unpaired) electrons. The van der Waals surface area contributed by atoms with Crippen LogP contribution in [0.4, 0.5) is 5.69 Å². The van der Waals surface area contributed by atoms with Crippen LogP contribution in [0.25, 0.3) is 17.3 Å². The second-order valence-corrected chi connectivity index (χ2v) is 8.44. The number of allylic oxidation sites excluding steroid dienone is 1. The molecule has 0 aliphatic carbocycles. The fourth-order valence-electron chi connectivity index (χ4n) is 2.82. The number of para-hydroxylation sites is 1. The van der Waals surface area contributed by atoms with E-state index in [4.69, 9.17) is 10.5 Å². The van der Waals surface area contributed by atoms with Crippen molar-refractivity contribution in [1.82, 2.24) is 4.57 Å². The zero-order valence-corrected chi connectivity index (χ0v) is 15.5. The molecule has 4 rings (SSSR count). The quantitative estimate of drug-likeness (QED) is 0.628. The van der Waals surface area contributed by atoms with Gasteiger partial charge in [0.25, 0.3) is 0 Å². The summed E-state index contributed by atoms with van der Waals surface area (Å²) in [5.41, 5.74) is 3.13. The molecule has 0 saturated carbocycles. The highest BCUT2D eigenvalue weighted by Gasteiger charge is 2.16. The van der Waals surface area contributed by atoms with Crippen molar-refractivity contribution in [3.8, 4) is 11.6 Å². The average Bonchev–Trinajstić information content (AvgIpc) is 3.16. The average molecular weight is 398 g/mol. The van der Waals surface area contributed by atoms with Gasteiger partial charge in [0.1, 0.15) is 0 Å².